The van der Waals surface area contributed by atoms with E-state index >= 15 is 0 Å². The van der Waals surface area contributed by atoms with Crippen LogP contribution in [0.4, 0.5) is 11.4 Å². The molecule has 0 spiro atoms. The van der Waals surface area contributed by atoms with E-state index in [1.165, 1.54) is 6.07 Å². The summed E-state index contributed by atoms with van der Waals surface area (Å²) in [6.07, 6.45) is 0.580. The van der Waals surface area contributed by atoms with Gasteiger partial charge in [-0.05, 0) is 12.5 Å². The number of nitrogens with two attached hydrogens (primary N) is 1. The Balaban J connectivity index is 3.27. The zero-order chi connectivity index (χ0) is 9.84. The number of nitrogen functional groups attached to an aromatic ring is 1. The zero-order valence-corrected chi connectivity index (χ0v) is 7.28. The van der Waals surface area contributed by atoms with Crippen molar-refractivity contribution in [2.45, 2.75) is 13.3 Å². The molecule has 0 bridgehead atoms. The van der Waals surface area contributed by atoms with Crippen LogP contribution in [0.2, 0.25) is 0 Å². The van der Waals surface area contributed by atoms with Crippen LogP contribution in [0.5, 0.6) is 0 Å². The molecule has 0 amide bonds. The number of benzene rings is 1. The van der Waals surface area contributed by atoms with Crippen LogP contribution >= 0.6 is 0 Å². The van der Waals surface area contributed by atoms with E-state index in [2.05, 4.69) is 5.43 Å². The maximum absolute atomic E-state index is 10.6. The van der Waals surface area contributed by atoms with Gasteiger partial charge in [-0.1, -0.05) is 13.0 Å². The molecule has 0 aliphatic heterocycles. The van der Waals surface area contributed by atoms with Crippen molar-refractivity contribution < 1.29 is 4.92 Å². The second-order valence-corrected chi connectivity index (χ2v) is 2.56. The lowest BCUT2D eigenvalue weighted by Gasteiger charge is -2.06. The van der Waals surface area contributed by atoms with Gasteiger partial charge in [-0.2, -0.15) is 0 Å². The highest BCUT2D eigenvalue weighted by molar-refractivity contribution is 5.59. The van der Waals surface area contributed by atoms with Crippen molar-refractivity contribution in [3.05, 3.63) is 33.9 Å². The Kier molecular flexibility index (Phi) is 2.81. The van der Waals surface area contributed by atoms with E-state index in [-0.39, 0.29) is 5.69 Å². The van der Waals surface area contributed by atoms with Crippen molar-refractivity contribution in [1.29, 1.82) is 0 Å². The van der Waals surface area contributed by atoms with Gasteiger partial charge in [0.2, 0.25) is 0 Å². The molecular weight excluding hydrogens is 170 g/mol. The molecule has 70 valence electrons. The van der Waals surface area contributed by atoms with Gasteiger partial charge >= 0.3 is 0 Å². The van der Waals surface area contributed by atoms with E-state index in [0.717, 1.165) is 0 Å². The average molecular weight is 181 g/mol. The first kappa shape index (κ1) is 9.47. The third-order valence-electron chi connectivity index (χ3n) is 1.86. The minimum Gasteiger partial charge on any atom is -0.324 e. The number of nitro groups is 1. The monoisotopic (exact) mass is 181 g/mol. The fourth-order valence-electron chi connectivity index (χ4n) is 1.25. The van der Waals surface area contributed by atoms with Gasteiger partial charge in [0.15, 0.2) is 0 Å². The van der Waals surface area contributed by atoms with Crippen LogP contribution < -0.4 is 11.3 Å². The molecule has 0 saturated carbocycles. The highest BCUT2D eigenvalue weighted by atomic mass is 16.6. The van der Waals surface area contributed by atoms with Crippen LogP contribution in [0, 0.1) is 10.1 Å². The van der Waals surface area contributed by atoms with Crippen LogP contribution in [-0.2, 0) is 6.42 Å². The number of hydrogen-bond donors (Lipinski definition) is 2. The van der Waals surface area contributed by atoms with Crippen LogP contribution in [0.25, 0.3) is 0 Å². The molecule has 1 aromatic carbocycles. The fraction of sp³-hybridized carbons (Fsp3) is 0.250. The lowest BCUT2D eigenvalue weighted by molar-refractivity contribution is -0.385. The summed E-state index contributed by atoms with van der Waals surface area (Å²) in [7, 11) is 0. The molecule has 0 fully saturated rings. The zero-order valence-electron chi connectivity index (χ0n) is 7.28. The van der Waals surface area contributed by atoms with Gasteiger partial charge in [-0.3, -0.25) is 16.0 Å². The van der Waals surface area contributed by atoms with Crippen molar-refractivity contribution in [1.82, 2.24) is 0 Å². The van der Waals surface area contributed by atoms with Gasteiger partial charge in [0.05, 0.1) is 16.2 Å². The van der Waals surface area contributed by atoms with E-state index in [9.17, 15) is 10.1 Å². The molecule has 1 rings (SSSR count). The number of hydrogen-bond acceptors (Lipinski definition) is 4. The summed E-state index contributed by atoms with van der Waals surface area (Å²) in [5.41, 5.74) is 3.79. The Morgan fingerprint density at radius 3 is 2.77 bits per heavy atom. The number of rotatable bonds is 3. The Labute approximate surface area is 75.7 Å². The summed E-state index contributed by atoms with van der Waals surface area (Å²) in [6, 6.07) is 4.79. The van der Waals surface area contributed by atoms with E-state index in [4.69, 9.17) is 5.84 Å². The van der Waals surface area contributed by atoms with E-state index in [1.54, 1.807) is 12.1 Å². The third kappa shape index (κ3) is 1.75. The molecule has 0 aliphatic carbocycles. The Morgan fingerprint density at radius 2 is 2.31 bits per heavy atom. The number of nitro benzene ring substituents is 1. The standard InChI is InChI=1S/C8H11N3O2/c1-2-6-7(10-9)4-3-5-8(6)11(12)13/h3-5,10H,2,9H2,1H3. The molecular formula is C8H11N3O2. The Bertz CT molecular complexity index is 325. The quantitative estimate of drug-likeness (QED) is 0.420. The second kappa shape index (κ2) is 3.86. The molecule has 0 radical (unpaired) electrons. The minimum absolute atomic E-state index is 0.109. The van der Waals surface area contributed by atoms with Crippen molar-refractivity contribution in [3.63, 3.8) is 0 Å². The smallest absolute Gasteiger partial charge is 0.274 e. The number of nitrogens with one attached hydrogen (secondary N) is 1. The minimum atomic E-state index is -0.403. The lowest BCUT2D eigenvalue weighted by Crippen LogP contribution is -2.10. The van der Waals surface area contributed by atoms with Gasteiger partial charge < -0.3 is 5.43 Å². The van der Waals surface area contributed by atoms with Crippen molar-refractivity contribution >= 4 is 11.4 Å². The maximum Gasteiger partial charge on any atom is 0.274 e. The molecule has 0 aromatic heterocycles. The molecule has 0 saturated heterocycles. The molecule has 5 nitrogen and oxygen atoms in total. The second-order valence-electron chi connectivity index (χ2n) is 2.56. The molecule has 0 unspecified atom stereocenters. The predicted octanol–water partition coefficient (Wildman–Crippen LogP) is 1.44. The summed E-state index contributed by atoms with van der Waals surface area (Å²) in [6.45, 7) is 1.85. The highest BCUT2D eigenvalue weighted by Gasteiger charge is 2.14. The summed E-state index contributed by atoms with van der Waals surface area (Å²) in [5.74, 6) is 5.22. The first-order valence-electron chi connectivity index (χ1n) is 3.93. The number of hydrazine groups is 1. The van der Waals surface area contributed by atoms with Gasteiger partial charge in [-0.15, -0.1) is 0 Å². The first-order valence-corrected chi connectivity index (χ1v) is 3.93. The number of anilines is 1. The molecule has 0 heterocycles. The first-order chi connectivity index (χ1) is 6.20. The van der Waals surface area contributed by atoms with Crippen LogP contribution in [0.1, 0.15) is 12.5 Å². The number of nitrogens with zero attached hydrogens (tertiary/aromatic N) is 1. The summed E-state index contributed by atoms with van der Waals surface area (Å²) in [5, 5.41) is 10.6. The molecule has 1 aromatic rings. The summed E-state index contributed by atoms with van der Waals surface area (Å²) in [4.78, 5) is 10.2. The van der Waals surface area contributed by atoms with E-state index in [0.29, 0.717) is 17.7 Å². The largest absolute Gasteiger partial charge is 0.324 e. The highest BCUT2D eigenvalue weighted by Crippen LogP contribution is 2.25. The van der Waals surface area contributed by atoms with Crippen molar-refractivity contribution in [2.75, 3.05) is 5.43 Å². The average Bonchev–Trinajstić information content (AvgIpc) is 2.16. The fourth-order valence-corrected chi connectivity index (χ4v) is 1.25. The van der Waals surface area contributed by atoms with Crippen LogP contribution in [-0.4, -0.2) is 4.92 Å². The summed E-state index contributed by atoms with van der Waals surface area (Å²) < 4.78 is 0. The molecule has 13 heavy (non-hydrogen) atoms. The summed E-state index contributed by atoms with van der Waals surface area (Å²) >= 11 is 0. The van der Waals surface area contributed by atoms with E-state index in [1.807, 2.05) is 6.92 Å². The van der Waals surface area contributed by atoms with Crippen molar-refractivity contribution in [3.8, 4) is 0 Å². The van der Waals surface area contributed by atoms with Crippen LogP contribution in [0.15, 0.2) is 18.2 Å². The third-order valence-corrected chi connectivity index (χ3v) is 1.86. The predicted molar refractivity (Wildman–Crippen MR) is 50.3 cm³/mol. The van der Waals surface area contributed by atoms with Gasteiger partial charge in [0.25, 0.3) is 5.69 Å². The molecule has 0 atom stereocenters. The molecule has 3 N–H and O–H groups in total. The molecule has 0 aliphatic rings. The lowest BCUT2D eigenvalue weighted by atomic mass is 10.1. The molecule has 5 heteroatoms. The maximum atomic E-state index is 10.6. The Hall–Kier alpha value is -1.62. The normalized spacial score (nSPS) is 9.69. The van der Waals surface area contributed by atoms with Gasteiger partial charge in [0, 0.05) is 6.07 Å². The van der Waals surface area contributed by atoms with E-state index < -0.39 is 4.92 Å². The van der Waals surface area contributed by atoms with Gasteiger partial charge in [-0.25, -0.2) is 0 Å². The van der Waals surface area contributed by atoms with Gasteiger partial charge in [0.1, 0.15) is 0 Å². The topological polar surface area (TPSA) is 81.2 Å². The Morgan fingerprint density at radius 1 is 1.62 bits per heavy atom. The SMILES string of the molecule is CCc1c(NN)cccc1[N+](=O)[O-]. The van der Waals surface area contributed by atoms with Crippen LogP contribution in [0.3, 0.4) is 0 Å². The van der Waals surface area contributed by atoms with Crippen molar-refractivity contribution in [2.24, 2.45) is 5.84 Å².